The van der Waals surface area contributed by atoms with Crippen LogP contribution in [0.2, 0.25) is 0 Å². The molecule has 0 atom stereocenters. The largest absolute Gasteiger partial charge is 0.478 e. The standard InChI is InChI=1S/C25H32N2O4/c1-5-27(25(29)19-9-10-19)16-20-12-17(4)8-11-21(20)22-13-18(14-23(28)30-6-2)15-26-24(22)31-7-3/h8,11-13,15,19H,5-7,9-10,14,16H2,1-4H3. The van der Waals surface area contributed by atoms with Crippen LogP contribution in [-0.2, 0) is 27.3 Å². The molecule has 6 nitrogen and oxygen atoms in total. The summed E-state index contributed by atoms with van der Waals surface area (Å²) in [4.78, 5) is 31.1. The highest BCUT2D eigenvalue weighted by Gasteiger charge is 2.33. The second-order valence-corrected chi connectivity index (χ2v) is 7.90. The number of nitrogens with zero attached hydrogens (tertiary/aromatic N) is 2. The molecule has 1 aliphatic carbocycles. The second-order valence-electron chi connectivity index (χ2n) is 7.90. The maximum absolute atomic E-state index is 12.7. The first kappa shape index (κ1) is 22.8. The number of esters is 1. The van der Waals surface area contributed by atoms with Crippen LogP contribution in [-0.4, -0.2) is 41.5 Å². The molecule has 0 spiro atoms. The van der Waals surface area contributed by atoms with Crippen LogP contribution >= 0.6 is 0 Å². The molecule has 1 fully saturated rings. The Kier molecular flexibility index (Phi) is 7.66. The summed E-state index contributed by atoms with van der Waals surface area (Å²) in [5.74, 6) is 0.656. The second kappa shape index (κ2) is 10.4. The predicted molar refractivity (Wildman–Crippen MR) is 120 cm³/mol. The molecule has 0 bridgehead atoms. The number of aromatic nitrogens is 1. The quantitative estimate of drug-likeness (QED) is 0.531. The van der Waals surface area contributed by atoms with Gasteiger partial charge in [-0.2, -0.15) is 0 Å². The number of pyridine rings is 1. The summed E-state index contributed by atoms with van der Waals surface area (Å²) in [5, 5.41) is 0. The van der Waals surface area contributed by atoms with Gasteiger partial charge in [-0.15, -0.1) is 0 Å². The van der Waals surface area contributed by atoms with E-state index < -0.39 is 0 Å². The van der Waals surface area contributed by atoms with Crippen LogP contribution < -0.4 is 4.74 Å². The minimum absolute atomic E-state index is 0.155. The van der Waals surface area contributed by atoms with E-state index in [2.05, 4.69) is 11.1 Å². The van der Waals surface area contributed by atoms with Crippen molar-refractivity contribution in [1.82, 2.24) is 9.88 Å². The smallest absolute Gasteiger partial charge is 0.310 e. The molecule has 0 radical (unpaired) electrons. The van der Waals surface area contributed by atoms with E-state index in [0.717, 1.165) is 40.7 Å². The molecule has 0 N–H and O–H groups in total. The molecule has 6 heteroatoms. The van der Waals surface area contributed by atoms with Crippen molar-refractivity contribution in [1.29, 1.82) is 0 Å². The van der Waals surface area contributed by atoms with Gasteiger partial charge in [0.15, 0.2) is 0 Å². The van der Waals surface area contributed by atoms with Gasteiger partial charge < -0.3 is 14.4 Å². The maximum atomic E-state index is 12.7. The molecule has 0 unspecified atom stereocenters. The van der Waals surface area contributed by atoms with Crippen molar-refractivity contribution in [2.45, 2.75) is 53.5 Å². The van der Waals surface area contributed by atoms with Gasteiger partial charge in [0.25, 0.3) is 0 Å². The van der Waals surface area contributed by atoms with Crippen LogP contribution in [0.15, 0.2) is 30.5 Å². The predicted octanol–water partition coefficient (Wildman–Crippen LogP) is 4.32. The molecule has 166 valence electrons. The summed E-state index contributed by atoms with van der Waals surface area (Å²) in [6.45, 7) is 9.81. The van der Waals surface area contributed by atoms with E-state index in [1.54, 1.807) is 13.1 Å². The summed E-state index contributed by atoms with van der Waals surface area (Å²) >= 11 is 0. The van der Waals surface area contributed by atoms with Gasteiger partial charge in [0, 0.05) is 30.8 Å². The zero-order valence-electron chi connectivity index (χ0n) is 18.9. The third-order valence-corrected chi connectivity index (χ3v) is 5.37. The summed E-state index contributed by atoms with van der Waals surface area (Å²) in [5.41, 5.74) is 4.74. The van der Waals surface area contributed by atoms with Crippen molar-refractivity contribution in [3.05, 3.63) is 47.2 Å². The molecule has 3 rings (SSSR count). The molecule has 1 heterocycles. The van der Waals surface area contributed by atoms with Gasteiger partial charge in [0.1, 0.15) is 0 Å². The van der Waals surface area contributed by atoms with Crippen LogP contribution in [0.1, 0.15) is 50.3 Å². The van der Waals surface area contributed by atoms with Gasteiger partial charge >= 0.3 is 5.97 Å². The van der Waals surface area contributed by atoms with Crippen LogP contribution in [0.4, 0.5) is 0 Å². The van der Waals surface area contributed by atoms with Gasteiger partial charge in [-0.25, -0.2) is 4.98 Å². The lowest BCUT2D eigenvalue weighted by Crippen LogP contribution is -2.31. The molecule has 1 saturated carbocycles. The molecule has 1 aromatic heterocycles. The van der Waals surface area contributed by atoms with E-state index in [0.29, 0.717) is 32.2 Å². The summed E-state index contributed by atoms with van der Waals surface area (Å²) in [6, 6.07) is 8.16. The lowest BCUT2D eigenvalue weighted by Gasteiger charge is -2.23. The molecule has 1 aliphatic rings. The van der Waals surface area contributed by atoms with E-state index in [9.17, 15) is 9.59 Å². The van der Waals surface area contributed by atoms with E-state index in [-0.39, 0.29) is 24.2 Å². The number of hydrogen-bond donors (Lipinski definition) is 0. The molecule has 1 aromatic carbocycles. The van der Waals surface area contributed by atoms with Crippen molar-refractivity contribution in [3.8, 4) is 17.0 Å². The minimum Gasteiger partial charge on any atom is -0.478 e. The Morgan fingerprint density at radius 2 is 1.87 bits per heavy atom. The lowest BCUT2D eigenvalue weighted by molar-refractivity contribution is -0.142. The number of carbonyl (C=O) groups excluding carboxylic acids is 2. The van der Waals surface area contributed by atoms with Gasteiger partial charge in [0.2, 0.25) is 11.8 Å². The molecule has 0 saturated heterocycles. The Labute approximate surface area is 184 Å². The molecule has 0 aliphatic heterocycles. The summed E-state index contributed by atoms with van der Waals surface area (Å²) in [6.07, 6.45) is 3.80. The highest BCUT2D eigenvalue weighted by Crippen LogP contribution is 2.35. The summed E-state index contributed by atoms with van der Waals surface area (Å²) in [7, 11) is 0. The lowest BCUT2D eigenvalue weighted by atomic mass is 9.96. The number of hydrogen-bond acceptors (Lipinski definition) is 5. The number of carbonyl (C=O) groups is 2. The van der Waals surface area contributed by atoms with Crippen molar-refractivity contribution >= 4 is 11.9 Å². The molecular weight excluding hydrogens is 392 g/mol. The third kappa shape index (κ3) is 5.84. The Bertz CT molecular complexity index is 937. The highest BCUT2D eigenvalue weighted by atomic mass is 16.5. The van der Waals surface area contributed by atoms with Crippen molar-refractivity contribution in [3.63, 3.8) is 0 Å². The maximum Gasteiger partial charge on any atom is 0.310 e. The van der Waals surface area contributed by atoms with Crippen LogP contribution in [0.3, 0.4) is 0 Å². The number of ether oxygens (including phenoxy) is 2. The first-order chi connectivity index (χ1) is 15.0. The van der Waals surface area contributed by atoms with E-state index in [4.69, 9.17) is 9.47 Å². The van der Waals surface area contributed by atoms with E-state index in [1.165, 1.54) is 0 Å². The van der Waals surface area contributed by atoms with Gasteiger partial charge in [-0.1, -0.05) is 23.8 Å². The van der Waals surface area contributed by atoms with Crippen LogP contribution in [0.25, 0.3) is 11.1 Å². The topological polar surface area (TPSA) is 68.7 Å². The average molecular weight is 425 g/mol. The van der Waals surface area contributed by atoms with Crippen LogP contribution in [0, 0.1) is 12.8 Å². The average Bonchev–Trinajstić information content (AvgIpc) is 3.58. The van der Waals surface area contributed by atoms with E-state index in [1.807, 2.05) is 43.9 Å². The third-order valence-electron chi connectivity index (χ3n) is 5.37. The fourth-order valence-corrected chi connectivity index (χ4v) is 3.67. The number of amides is 1. The SMILES string of the molecule is CCOC(=O)Cc1cnc(OCC)c(-c2ccc(C)cc2CN(CC)C(=O)C2CC2)c1. The zero-order valence-corrected chi connectivity index (χ0v) is 18.9. The first-order valence-corrected chi connectivity index (χ1v) is 11.1. The normalized spacial score (nSPS) is 13.0. The monoisotopic (exact) mass is 424 g/mol. The number of benzene rings is 1. The fraction of sp³-hybridized carbons (Fsp3) is 0.480. The Balaban J connectivity index is 1.99. The Morgan fingerprint density at radius 3 is 2.52 bits per heavy atom. The molecule has 2 aromatic rings. The minimum atomic E-state index is -0.282. The van der Waals surface area contributed by atoms with Gasteiger partial charge in [-0.05, 0) is 63.3 Å². The van der Waals surface area contributed by atoms with Crippen LogP contribution in [0.5, 0.6) is 5.88 Å². The van der Waals surface area contributed by atoms with Crippen molar-refractivity contribution in [2.24, 2.45) is 5.92 Å². The molecule has 31 heavy (non-hydrogen) atoms. The highest BCUT2D eigenvalue weighted by molar-refractivity contribution is 5.82. The summed E-state index contributed by atoms with van der Waals surface area (Å²) < 4.78 is 10.9. The van der Waals surface area contributed by atoms with Gasteiger partial charge in [-0.3, -0.25) is 9.59 Å². The van der Waals surface area contributed by atoms with Crippen molar-refractivity contribution in [2.75, 3.05) is 19.8 Å². The van der Waals surface area contributed by atoms with Gasteiger partial charge in [0.05, 0.1) is 19.6 Å². The van der Waals surface area contributed by atoms with Crippen molar-refractivity contribution < 1.29 is 19.1 Å². The number of rotatable bonds is 10. The zero-order chi connectivity index (χ0) is 22.4. The Morgan fingerprint density at radius 1 is 1.10 bits per heavy atom. The Hall–Kier alpha value is -2.89. The number of aryl methyl sites for hydroxylation is 1. The first-order valence-electron chi connectivity index (χ1n) is 11.1. The molecular formula is C25H32N2O4. The van der Waals surface area contributed by atoms with E-state index >= 15 is 0 Å². The molecule has 1 amide bonds. The fourth-order valence-electron chi connectivity index (χ4n) is 3.67.